The first-order valence-corrected chi connectivity index (χ1v) is 14.5. The van der Waals surface area contributed by atoms with Gasteiger partial charge in [-0.3, -0.25) is 14.4 Å². The summed E-state index contributed by atoms with van der Waals surface area (Å²) in [7, 11) is 1.37. The molecule has 0 radical (unpaired) electrons. The largest absolute Gasteiger partial charge is 0.496 e. The van der Waals surface area contributed by atoms with E-state index in [4.69, 9.17) is 9.47 Å². The second kappa shape index (κ2) is 12.2. The number of allylic oxidation sites excluding steroid dienone is 1. The van der Waals surface area contributed by atoms with Crippen LogP contribution in [0.3, 0.4) is 0 Å². The molecule has 0 aliphatic heterocycles. The lowest BCUT2D eigenvalue weighted by Crippen LogP contribution is -2.52. The Morgan fingerprint density at radius 1 is 1.10 bits per heavy atom. The Balaban J connectivity index is 1.48. The number of hydrogen-bond acceptors (Lipinski definition) is 5. The molecule has 2 saturated carbocycles. The number of amides is 2. The second-order valence-corrected chi connectivity index (χ2v) is 12.4. The molecule has 0 aromatic heterocycles. The Morgan fingerprint density at radius 2 is 1.80 bits per heavy atom. The van der Waals surface area contributed by atoms with Crippen LogP contribution in [0.25, 0.3) is 0 Å². The zero-order valence-corrected chi connectivity index (χ0v) is 24.1. The molecule has 0 spiro atoms. The highest BCUT2D eigenvalue weighted by Gasteiger charge is 2.40. The van der Waals surface area contributed by atoms with E-state index in [9.17, 15) is 23.9 Å². The van der Waals surface area contributed by atoms with Gasteiger partial charge in [0.25, 0.3) is 5.91 Å². The number of nitrogens with one attached hydrogen (secondary N) is 2. The molecule has 2 amide bonds. The lowest BCUT2D eigenvalue weighted by Gasteiger charge is -2.40. The molecule has 1 aromatic rings. The number of carbonyl (C=O) groups is 3. The van der Waals surface area contributed by atoms with Crippen molar-refractivity contribution < 1.29 is 33.4 Å². The molecule has 8 nitrogen and oxygen atoms in total. The molecule has 220 valence electrons. The molecule has 0 unspecified atom stereocenters. The summed E-state index contributed by atoms with van der Waals surface area (Å²) in [5, 5.41) is 15.7. The smallest absolute Gasteiger partial charge is 0.309 e. The number of rotatable bonds is 10. The van der Waals surface area contributed by atoms with Gasteiger partial charge in [-0.15, -0.1) is 0 Å². The molecular weight excluding hydrogens is 515 g/mol. The Kier molecular flexibility index (Phi) is 9.10. The molecule has 2 fully saturated rings. The highest BCUT2D eigenvalue weighted by atomic mass is 19.1. The van der Waals surface area contributed by atoms with E-state index in [-0.39, 0.29) is 40.4 Å². The van der Waals surface area contributed by atoms with Gasteiger partial charge in [0.1, 0.15) is 5.75 Å². The molecular formula is C31H43FN2O6. The van der Waals surface area contributed by atoms with Gasteiger partial charge in [-0.25, -0.2) is 4.39 Å². The van der Waals surface area contributed by atoms with Crippen LogP contribution in [0.1, 0.15) is 88.9 Å². The summed E-state index contributed by atoms with van der Waals surface area (Å²) in [5.41, 5.74) is -0.552. The number of carbonyl (C=O) groups excluding carboxylic acids is 2. The molecule has 9 heteroatoms. The van der Waals surface area contributed by atoms with Gasteiger partial charge >= 0.3 is 5.97 Å². The van der Waals surface area contributed by atoms with Gasteiger partial charge in [0, 0.05) is 18.7 Å². The van der Waals surface area contributed by atoms with Gasteiger partial charge in [-0.2, -0.15) is 0 Å². The van der Waals surface area contributed by atoms with Crippen LogP contribution >= 0.6 is 0 Å². The molecule has 3 aliphatic rings. The van der Waals surface area contributed by atoms with Crippen molar-refractivity contribution in [2.24, 2.45) is 22.7 Å². The quantitative estimate of drug-likeness (QED) is 0.338. The van der Waals surface area contributed by atoms with Crippen LogP contribution in [0.2, 0.25) is 0 Å². The molecule has 3 aliphatic carbocycles. The third kappa shape index (κ3) is 6.44. The van der Waals surface area contributed by atoms with Crippen LogP contribution < -0.4 is 20.1 Å². The Labute approximate surface area is 236 Å². The van der Waals surface area contributed by atoms with Gasteiger partial charge in [0.15, 0.2) is 11.6 Å². The number of halogens is 1. The van der Waals surface area contributed by atoms with Crippen molar-refractivity contribution in [1.29, 1.82) is 0 Å². The molecule has 1 aromatic carbocycles. The first-order valence-electron chi connectivity index (χ1n) is 14.5. The van der Waals surface area contributed by atoms with Crippen molar-refractivity contribution in [3.8, 4) is 11.5 Å². The third-order valence-corrected chi connectivity index (χ3v) is 9.35. The third-order valence-electron chi connectivity index (χ3n) is 9.35. The summed E-state index contributed by atoms with van der Waals surface area (Å²) in [6.07, 6.45) is 10.1. The molecule has 0 bridgehead atoms. The molecule has 4 rings (SSSR count). The van der Waals surface area contributed by atoms with Crippen molar-refractivity contribution >= 4 is 17.8 Å². The van der Waals surface area contributed by atoms with Crippen LogP contribution in [-0.4, -0.2) is 48.7 Å². The fraction of sp³-hybridized carbons (Fsp3) is 0.645. The first kappa shape index (κ1) is 29.9. The summed E-state index contributed by atoms with van der Waals surface area (Å²) < 4.78 is 26.2. The summed E-state index contributed by atoms with van der Waals surface area (Å²) in [5.74, 6) is -2.46. The summed E-state index contributed by atoms with van der Waals surface area (Å²) >= 11 is 0. The SMILES string of the molecule is CC[C@@H]1C=CC[C@@H](NC(=O)c2cc(OC3CCC(C)(C(=O)O)CC3)c(F)cc2OC)[C@H]1C(=O)NCC1(C)CCC1. The molecule has 0 heterocycles. The predicted molar refractivity (Wildman–Crippen MR) is 149 cm³/mol. The fourth-order valence-electron chi connectivity index (χ4n) is 6.21. The van der Waals surface area contributed by atoms with Crippen molar-refractivity contribution in [1.82, 2.24) is 10.6 Å². The van der Waals surface area contributed by atoms with Gasteiger partial charge < -0.3 is 25.2 Å². The molecule has 3 N–H and O–H groups in total. The number of carboxylic acids is 1. The van der Waals surface area contributed by atoms with E-state index in [0.29, 0.717) is 38.6 Å². The van der Waals surface area contributed by atoms with Crippen LogP contribution in [0.5, 0.6) is 11.5 Å². The zero-order valence-electron chi connectivity index (χ0n) is 24.1. The van der Waals surface area contributed by atoms with Crippen LogP contribution in [0.15, 0.2) is 24.3 Å². The number of ether oxygens (including phenoxy) is 2. The van der Waals surface area contributed by atoms with E-state index in [1.54, 1.807) is 6.92 Å². The minimum absolute atomic E-state index is 0.00922. The number of aliphatic carboxylic acids is 1. The Hall–Kier alpha value is -3.10. The highest BCUT2D eigenvalue weighted by Crippen LogP contribution is 2.40. The van der Waals surface area contributed by atoms with Crippen molar-refractivity contribution in [2.75, 3.05) is 13.7 Å². The van der Waals surface area contributed by atoms with E-state index >= 15 is 0 Å². The van der Waals surface area contributed by atoms with Gasteiger partial charge in [0.05, 0.1) is 30.1 Å². The Bertz CT molecular complexity index is 1140. The molecule has 0 saturated heterocycles. The van der Waals surface area contributed by atoms with E-state index < -0.39 is 35.1 Å². The lowest BCUT2D eigenvalue weighted by molar-refractivity contribution is -0.150. The second-order valence-electron chi connectivity index (χ2n) is 12.4. The molecule has 40 heavy (non-hydrogen) atoms. The number of hydrogen-bond donors (Lipinski definition) is 3. The van der Waals surface area contributed by atoms with E-state index in [0.717, 1.165) is 25.3 Å². The monoisotopic (exact) mass is 558 g/mol. The lowest BCUT2D eigenvalue weighted by atomic mass is 9.70. The minimum Gasteiger partial charge on any atom is -0.496 e. The molecule has 3 atom stereocenters. The van der Waals surface area contributed by atoms with E-state index in [1.807, 2.05) is 13.0 Å². The summed E-state index contributed by atoms with van der Waals surface area (Å²) in [4.78, 5) is 38.5. The summed E-state index contributed by atoms with van der Waals surface area (Å²) in [6, 6.07) is 2.05. The van der Waals surface area contributed by atoms with Gasteiger partial charge in [-0.1, -0.05) is 32.4 Å². The van der Waals surface area contributed by atoms with E-state index in [1.165, 1.54) is 19.6 Å². The van der Waals surface area contributed by atoms with Crippen LogP contribution in [0, 0.1) is 28.5 Å². The van der Waals surface area contributed by atoms with Crippen molar-refractivity contribution in [2.45, 2.75) is 90.7 Å². The summed E-state index contributed by atoms with van der Waals surface area (Å²) in [6.45, 7) is 6.56. The number of methoxy groups -OCH3 is 1. The maximum Gasteiger partial charge on any atom is 0.309 e. The number of carboxylic acid groups (broad SMARTS) is 1. The van der Waals surface area contributed by atoms with E-state index in [2.05, 4.69) is 23.6 Å². The normalized spacial score (nSPS) is 29.1. The Morgan fingerprint density at radius 3 is 2.38 bits per heavy atom. The van der Waals surface area contributed by atoms with Crippen molar-refractivity contribution in [3.63, 3.8) is 0 Å². The average Bonchev–Trinajstić information content (AvgIpc) is 2.92. The highest BCUT2D eigenvalue weighted by molar-refractivity contribution is 5.98. The van der Waals surface area contributed by atoms with Crippen molar-refractivity contribution in [3.05, 3.63) is 35.7 Å². The maximum absolute atomic E-state index is 15.0. The van der Waals surface area contributed by atoms with Gasteiger partial charge in [0.2, 0.25) is 5.91 Å². The average molecular weight is 559 g/mol. The zero-order chi connectivity index (χ0) is 29.1. The standard InChI is InChI=1S/C31H43FN2O6/c1-5-19-8-6-9-23(26(19)28(36)33-18-30(2)12-7-13-30)34-27(35)21-16-25(22(32)17-24(21)39-4)40-20-10-14-31(3,15-11-20)29(37)38/h6,8,16-17,19-20,23,26H,5,7,9-15,18H2,1-4H3,(H,33,36)(H,34,35)(H,37,38)/t19-,20?,23-,26+,31?/m1/s1. The first-order chi connectivity index (χ1) is 19.0. The topological polar surface area (TPSA) is 114 Å². The number of benzene rings is 1. The fourth-order valence-corrected chi connectivity index (χ4v) is 6.21. The predicted octanol–water partition coefficient (Wildman–Crippen LogP) is 5.25. The van der Waals surface area contributed by atoms with Gasteiger partial charge in [-0.05, 0) is 75.7 Å². The van der Waals surface area contributed by atoms with Crippen LogP contribution in [-0.2, 0) is 9.59 Å². The maximum atomic E-state index is 15.0. The minimum atomic E-state index is -0.840. The van der Waals surface area contributed by atoms with Crippen LogP contribution in [0.4, 0.5) is 4.39 Å².